The van der Waals surface area contributed by atoms with Crippen LogP contribution in [0.5, 0.6) is 0 Å². The van der Waals surface area contributed by atoms with Crippen LogP contribution in [0, 0.1) is 17.3 Å². The minimum Gasteiger partial charge on any atom is -0.452 e. The Balaban J connectivity index is 1.29. The van der Waals surface area contributed by atoms with Crippen molar-refractivity contribution in [1.82, 2.24) is 0 Å². The van der Waals surface area contributed by atoms with Crippen LogP contribution in [0.25, 0.3) is 10.8 Å². The summed E-state index contributed by atoms with van der Waals surface area (Å²) in [5, 5.41) is 4.95. The Labute approximate surface area is 175 Å². The summed E-state index contributed by atoms with van der Waals surface area (Å²) < 4.78 is 5.72. The zero-order valence-electron chi connectivity index (χ0n) is 16.6. The van der Waals surface area contributed by atoms with Gasteiger partial charge in [-0.1, -0.05) is 36.4 Å². The van der Waals surface area contributed by atoms with Crippen molar-refractivity contribution in [2.75, 3.05) is 5.32 Å². The number of esters is 1. The van der Waals surface area contributed by atoms with Gasteiger partial charge in [0.25, 0.3) is 5.91 Å². The van der Waals surface area contributed by atoms with E-state index in [1.54, 1.807) is 6.92 Å². The van der Waals surface area contributed by atoms with Crippen LogP contribution >= 0.6 is 11.6 Å². The zero-order chi connectivity index (χ0) is 20.2. The molecule has 4 fully saturated rings. The standard InChI is InChI=1S/C24H26ClNO3/c1-15(21(27)26-20-8-4-6-18-5-2-3-7-19(18)20)29-22(28)23-10-16-9-17(11-23)13-24(25,12-16)14-23/h2-8,15-17H,9-14H2,1H3,(H,26,27)/t15-,16-,17+,23?,24?/m1/s1. The number of ether oxygens (including phenoxy) is 1. The summed E-state index contributed by atoms with van der Waals surface area (Å²) in [5.41, 5.74) is 0.227. The first-order chi connectivity index (χ1) is 13.9. The third-order valence-corrected chi connectivity index (χ3v) is 7.57. The Kier molecular flexibility index (Phi) is 4.39. The van der Waals surface area contributed by atoms with Crippen LogP contribution < -0.4 is 5.32 Å². The molecule has 0 saturated heterocycles. The molecule has 4 aliphatic rings. The van der Waals surface area contributed by atoms with E-state index in [0.717, 1.165) is 42.1 Å². The molecule has 4 saturated carbocycles. The maximum atomic E-state index is 13.2. The SMILES string of the molecule is C[C@@H](OC(=O)C12C[C@@H]3C[C@@H](CC(Cl)(C3)C1)C2)C(=O)Nc1cccc2ccccc12. The summed E-state index contributed by atoms with van der Waals surface area (Å²) in [6.45, 7) is 1.65. The predicted octanol–water partition coefficient (Wildman–Crippen LogP) is 5.29. The zero-order valence-corrected chi connectivity index (χ0v) is 17.4. The Morgan fingerprint density at radius 2 is 1.76 bits per heavy atom. The summed E-state index contributed by atoms with van der Waals surface area (Å²) >= 11 is 6.84. The molecule has 4 bridgehead atoms. The van der Waals surface area contributed by atoms with Gasteiger partial charge in [0, 0.05) is 15.9 Å². The summed E-state index contributed by atoms with van der Waals surface area (Å²) in [6.07, 6.45) is 4.75. The quantitative estimate of drug-likeness (QED) is 0.549. The molecule has 2 unspecified atom stereocenters. The normalized spacial score (nSPS) is 33.4. The molecule has 0 heterocycles. The first-order valence-corrected chi connectivity index (χ1v) is 10.9. The number of carbonyl (C=O) groups is 2. The molecule has 0 radical (unpaired) electrons. The van der Waals surface area contributed by atoms with E-state index in [9.17, 15) is 9.59 Å². The van der Waals surface area contributed by atoms with Crippen molar-refractivity contribution in [2.24, 2.45) is 17.3 Å². The number of benzene rings is 2. The van der Waals surface area contributed by atoms with E-state index >= 15 is 0 Å². The number of nitrogens with one attached hydrogen (secondary N) is 1. The van der Waals surface area contributed by atoms with Crippen LogP contribution in [0.2, 0.25) is 0 Å². The van der Waals surface area contributed by atoms with Gasteiger partial charge in [0.15, 0.2) is 6.10 Å². The molecule has 29 heavy (non-hydrogen) atoms. The van der Waals surface area contributed by atoms with Gasteiger partial charge in [-0.15, -0.1) is 11.6 Å². The Morgan fingerprint density at radius 3 is 2.48 bits per heavy atom. The minimum atomic E-state index is -0.847. The highest BCUT2D eigenvalue weighted by Crippen LogP contribution is 2.64. The number of rotatable bonds is 4. The first-order valence-electron chi connectivity index (χ1n) is 10.5. The number of amides is 1. The number of hydrogen-bond acceptors (Lipinski definition) is 3. The van der Waals surface area contributed by atoms with Gasteiger partial charge in [-0.05, 0) is 68.7 Å². The summed E-state index contributed by atoms with van der Waals surface area (Å²) in [5.74, 6) is 0.486. The first kappa shape index (κ1) is 18.9. The van der Waals surface area contributed by atoms with E-state index < -0.39 is 11.5 Å². The van der Waals surface area contributed by atoms with Gasteiger partial charge in [0.1, 0.15) is 0 Å². The Hall–Kier alpha value is -2.07. The number of fused-ring (bicyclic) bond motifs is 1. The molecular weight excluding hydrogens is 386 g/mol. The van der Waals surface area contributed by atoms with Gasteiger partial charge in [-0.2, -0.15) is 0 Å². The molecule has 4 nitrogen and oxygen atoms in total. The van der Waals surface area contributed by atoms with Crippen molar-refractivity contribution in [3.8, 4) is 0 Å². The molecule has 5 atom stereocenters. The molecule has 1 amide bonds. The van der Waals surface area contributed by atoms with E-state index in [-0.39, 0.29) is 16.8 Å². The molecule has 0 aliphatic heterocycles. The van der Waals surface area contributed by atoms with E-state index in [2.05, 4.69) is 5.32 Å². The van der Waals surface area contributed by atoms with Gasteiger partial charge in [0.2, 0.25) is 0 Å². The largest absolute Gasteiger partial charge is 0.452 e. The lowest BCUT2D eigenvalue weighted by Crippen LogP contribution is -2.57. The van der Waals surface area contributed by atoms with E-state index in [0.29, 0.717) is 18.3 Å². The van der Waals surface area contributed by atoms with Crippen LogP contribution in [0.15, 0.2) is 42.5 Å². The smallest absolute Gasteiger partial charge is 0.312 e. The average molecular weight is 412 g/mol. The van der Waals surface area contributed by atoms with Crippen LogP contribution in [-0.4, -0.2) is 22.9 Å². The fourth-order valence-corrected chi connectivity index (χ4v) is 6.99. The van der Waals surface area contributed by atoms with Crippen molar-refractivity contribution in [2.45, 2.75) is 56.4 Å². The van der Waals surface area contributed by atoms with Gasteiger partial charge in [-0.3, -0.25) is 9.59 Å². The van der Waals surface area contributed by atoms with Crippen LogP contribution in [0.1, 0.15) is 45.4 Å². The second-order valence-electron chi connectivity index (χ2n) is 9.46. The molecule has 1 N–H and O–H groups in total. The van der Waals surface area contributed by atoms with Crippen molar-refractivity contribution in [3.63, 3.8) is 0 Å². The summed E-state index contributed by atoms with van der Waals surface area (Å²) in [6, 6.07) is 13.7. The topological polar surface area (TPSA) is 55.4 Å². The van der Waals surface area contributed by atoms with Crippen molar-refractivity contribution in [1.29, 1.82) is 0 Å². The molecule has 5 heteroatoms. The average Bonchev–Trinajstić information content (AvgIpc) is 2.66. The second kappa shape index (κ2) is 6.73. The molecule has 2 aromatic carbocycles. The molecule has 152 valence electrons. The highest BCUT2D eigenvalue weighted by molar-refractivity contribution is 6.24. The number of carbonyl (C=O) groups excluding carboxylic acids is 2. The molecule has 0 spiro atoms. The molecular formula is C24H26ClNO3. The fourth-order valence-electron chi connectivity index (χ4n) is 6.30. The van der Waals surface area contributed by atoms with Crippen molar-refractivity contribution in [3.05, 3.63) is 42.5 Å². The maximum Gasteiger partial charge on any atom is 0.312 e. The van der Waals surface area contributed by atoms with Crippen LogP contribution in [0.4, 0.5) is 5.69 Å². The summed E-state index contributed by atoms with van der Waals surface area (Å²) in [7, 11) is 0. The number of hydrogen-bond donors (Lipinski definition) is 1. The Bertz CT molecular complexity index is 968. The lowest BCUT2D eigenvalue weighted by atomic mass is 9.49. The van der Waals surface area contributed by atoms with Gasteiger partial charge >= 0.3 is 5.97 Å². The lowest BCUT2D eigenvalue weighted by Gasteiger charge is -2.58. The Morgan fingerprint density at radius 1 is 1.07 bits per heavy atom. The maximum absolute atomic E-state index is 13.2. The summed E-state index contributed by atoms with van der Waals surface area (Å²) in [4.78, 5) is 25.7. The van der Waals surface area contributed by atoms with Gasteiger partial charge in [0.05, 0.1) is 5.41 Å². The molecule has 0 aromatic heterocycles. The second-order valence-corrected chi connectivity index (χ2v) is 10.3. The highest BCUT2D eigenvalue weighted by atomic mass is 35.5. The highest BCUT2D eigenvalue weighted by Gasteiger charge is 2.61. The van der Waals surface area contributed by atoms with Crippen molar-refractivity contribution < 1.29 is 14.3 Å². The third kappa shape index (κ3) is 3.31. The molecule has 2 aromatic rings. The van der Waals surface area contributed by atoms with E-state index in [4.69, 9.17) is 16.3 Å². The predicted molar refractivity (Wildman–Crippen MR) is 114 cm³/mol. The molecule has 6 rings (SSSR count). The van der Waals surface area contributed by atoms with E-state index in [1.807, 2.05) is 42.5 Å². The van der Waals surface area contributed by atoms with Gasteiger partial charge in [-0.25, -0.2) is 0 Å². The minimum absolute atomic E-state index is 0.239. The van der Waals surface area contributed by atoms with Crippen LogP contribution in [0.3, 0.4) is 0 Å². The molecule has 4 aliphatic carbocycles. The van der Waals surface area contributed by atoms with Gasteiger partial charge < -0.3 is 10.1 Å². The van der Waals surface area contributed by atoms with Crippen LogP contribution in [-0.2, 0) is 14.3 Å². The monoisotopic (exact) mass is 411 g/mol. The number of anilines is 1. The third-order valence-electron chi connectivity index (χ3n) is 7.12. The fraction of sp³-hybridized carbons (Fsp3) is 0.500. The van der Waals surface area contributed by atoms with E-state index in [1.165, 1.54) is 6.42 Å². The number of alkyl halides is 1. The number of halogens is 1. The van der Waals surface area contributed by atoms with Crippen molar-refractivity contribution >= 4 is 39.9 Å². The lowest BCUT2D eigenvalue weighted by molar-refractivity contribution is -0.176.